The molecule has 2 heterocycles. The minimum absolute atomic E-state index is 0. The molecule has 2 aliphatic rings. The fourth-order valence-electron chi connectivity index (χ4n) is 2.43. The third-order valence-electron chi connectivity index (χ3n) is 3.73. The lowest BCUT2D eigenvalue weighted by molar-refractivity contribution is -0.144. The Morgan fingerprint density at radius 3 is 2.48 bits per heavy atom. The van der Waals surface area contributed by atoms with E-state index in [2.05, 4.69) is 5.32 Å². The van der Waals surface area contributed by atoms with Crippen LogP contribution >= 0.6 is 12.4 Å². The molecule has 1 atom stereocenters. The second kappa shape index (κ2) is 6.86. The van der Waals surface area contributed by atoms with Gasteiger partial charge in [0.1, 0.15) is 6.54 Å². The van der Waals surface area contributed by atoms with E-state index < -0.39 is 17.8 Å². The quantitative estimate of drug-likeness (QED) is 0.535. The van der Waals surface area contributed by atoms with Crippen molar-refractivity contribution >= 4 is 36.2 Å². The number of carbonyl (C=O) groups excluding carboxylic acids is 4. The van der Waals surface area contributed by atoms with Crippen molar-refractivity contribution in [3.8, 4) is 0 Å². The first-order chi connectivity index (χ1) is 9.45. The van der Waals surface area contributed by atoms with Crippen molar-refractivity contribution in [2.45, 2.75) is 18.9 Å². The second-order valence-electron chi connectivity index (χ2n) is 5.01. The fourth-order valence-corrected chi connectivity index (χ4v) is 2.43. The van der Waals surface area contributed by atoms with Crippen LogP contribution < -0.4 is 5.32 Å². The molecule has 0 aromatic carbocycles. The molecule has 8 nitrogen and oxygen atoms in total. The zero-order valence-electron chi connectivity index (χ0n) is 12.0. The van der Waals surface area contributed by atoms with Gasteiger partial charge in [-0.3, -0.25) is 19.3 Å². The maximum absolute atomic E-state index is 12.1. The summed E-state index contributed by atoms with van der Waals surface area (Å²) in [5.41, 5.74) is 0. The number of nitrogens with zero attached hydrogens (tertiary/aromatic N) is 3. The Hall–Kier alpha value is -1.67. The Kier molecular flexibility index (Phi) is 5.68. The van der Waals surface area contributed by atoms with E-state index in [4.69, 9.17) is 0 Å². The van der Waals surface area contributed by atoms with Crippen molar-refractivity contribution in [2.75, 3.05) is 33.7 Å². The van der Waals surface area contributed by atoms with Gasteiger partial charge in [0, 0.05) is 26.2 Å². The van der Waals surface area contributed by atoms with Crippen molar-refractivity contribution < 1.29 is 19.2 Å². The molecular weight excluding hydrogens is 300 g/mol. The monoisotopic (exact) mass is 318 g/mol. The summed E-state index contributed by atoms with van der Waals surface area (Å²) in [5, 5.41) is 3.11. The average Bonchev–Trinajstić information content (AvgIpc) is 2.65. The number of halogens is 1. The SMILES string of the molecule is CNC1CCCN(C(=O)CN2C(=O)C(=O)N(C)C2=O)C1.Cl. The van der Waals surface area contributed by atoms with Gasteiger partial charge < -0.3 is 10.2 Å². The molecule has 0 radical (unpaired) electrons. The highest BCUT2D eigenvalue weighted by molar-refractivity contribution is 6.44. The maximum atomic E-state index is 12.1. The number of likely N-dealkylation sites (N-methyl/N-ethyl adjacent to an activating group) is 2. The number of carbonyl (C=O) groups is 4. The number of urea groups is 1. The predicted octanol–water partition coefficient (Wildman–Crippen LogP) is -0.961. The summed E-state index contributed by atoms with van der Waals surface area (Å²) in [5.74, 6) is -2.14. The van der Waals surface area contributed by atoms with E-state index in [1.54, 1.807) is 4.90 Å². The summed E-state index contributed by atoms with van der Waals surface area (Å²) in [4.78, 5) is 49.8. The molecule has 0 aliphatic carbocycles. The number of nitrogens with one attached hydrogen (secondary N) is 1. The molecule has 9 heteroatoms. The summed E-state index contributed by atoms with van der Waals surface area (Å²) >= 11 is 0. The van der Waals surface area contributed by atoms with E-state index in [-0.39, 0.29) is 30.9 Å². The molecule has 2 rings (SSSR count). The van der Waals surface area contributed by atoms with E-state index in [9.17, 15) is 19.2 Å². The maximum Gasteiger partial charge on any atom is 0.334 e. The van der Waals surface area contributed by atoms with Crippen molar-refractivity contribution in [1.29, 1.82) is 0 Å². The van der Waals surface area contributed by atoms with E-state index >= 15 is 0 Å². The molecule has 5 amide bonds. The van der Waals surface area contributed by atoms with Crippen LogP contribution in [0.25, 0.3) is 0 Å². The van der Waals surface area contributed by atoms with Crippen LogP contribution in [0.5, 0.6) is 0 Å². The van der Waals surface area contributed by atoms with Gasteiger partial charge in [-0.15, -0.1) is 12.4 Å². The zero-order valence-corrected chi connectivity index (χ0v) is 12.8. The van der Waals surface area contributed by atoms with Crippen LogP contribution in [0.1, 0.15) is 12.8 Å². The molecule has 0 spiro atoms. The first kappa shape index (κ1) is 17.4. The van der Waals surface area contributed by atoms with Crippen LogP contribution in [0, 0.1) is 0 Å². The number of hydrogen-bond acceptors (Lipinski definition) is 5. The minimum atomic E-state index is -0.937. The molecular formula is C12H19ClN4O4. The summed E-state index contributed by atoms with van der Waals surface area (Å²) in [6.45, 7) is 0.788. The van der Waals surface area contributed by atoms with Crippen LogP contribution in [0.3, 0.4) is 0 Å². The summed E-state index contributed by atoms with van der Waals surface area (Å²) < 4.78 is 0. The third kappa shape index (κ3) is 3.33. The van der Waals surface area contributed by atoms with Crippen LogP contribution in [-0.4, -0.2) is 78.2 Å². The second-order valence-corrected chi connectivity index (χ2v) is 5.01. The first-order valence-electron chi connectivity index (χ1n) is 6.54. The third-order valence-corrected chi connectivity index (χ3v) is 3.73. The lowest BCUT2D eigenvalue weighted by atomic mass is 10.1. The van der Waals surface area contributed by atoms with Crippen molar-refractivity contribution in [3.63, 3.8) is 0 Å². The Balaban J connectivity index is 0.00000220. The van der Waals surface area contributed by atoms with Gasteiger partial charge in [0.15, 0.2) is 0 Å². The van der Waals surface area contributed by atoms with Crippen molar-refractivity contribution in [3.05, 3.63) is 0 Å². The van der Waals surface area contributed by atoms with Crippen LogP contribution in [0.15, 0.2) is 0 Å². The van der Waals surface area contributed by atoms with Crippen molar-refractivity contribution in [1.82, 2.24) is 20.0 Å². The van der Waals surface area contributed by atoms with Gasteiger partial charge in [-0.05, 0) is 19.9 Å². The number of amides is 5. The Morgan fingerprint density at radius 2 is 1.95 bits per heavy atom. The van der Waals surface area contributed by atoms with Gasteiger partial charge in [0.2, 0.25) is 5.91 Å². The smallest absolute Gasteiger partial charge is 0.334 e. The normalized spacial score (nSPS) is 22.7. The molecule has 21 heavy (non-hydrogen) atoms. The number of piperidine rings is 1. The molecule has 0 saturated carbocycles. The topological polar surface area (TPSA) is 90.0 Å². The molecule has 1 N–H and O–H groups in total. The summed E-state index contributed by atoms with van der Waals surface area (Å²) in [6, 6.07) is -0.516. The molecule has 1 unspecified atom stereocenters. The summed E-state index contributed by atoms with van der Waals surface area (Å²) in [6.07, 6.45) is 1.86. The average molecular weight is 319 g/mol. The van der Waals surface area contributed by atoms with E-state index in [0.717, 1.165) is 17.7 Å². The Bertz CT molecular complexity index is 470. The molecule has 0 aromatic rings. The van der Waals surface area contributed by atoms with Gasteiger partial charge >= 0.3 is 17.8 Å². The minimum Gasteiger partial charge on any atom is -0.340 e. The molecule has 2 aliphatic heterocycles. The fraction of sp³-hybridized carbons (Fsp3) is 0.667. The van der Waals surface area contributed by atoms with Gasteiger partial charge in [0.25, 0.3) is 0 Å². The highest BCUT2D eigenvalue weighted by atomic mass is 35.5. The van der Waals surface area contributed by atoms with Gasteiger partial charge in [0.05, 0.1) is 0 Å². The molecule has 0 bridgehead atoms. The largest absolute Gasteiger partial charge is 0.340 e. The van der Waals surface area contributed by atoms with E-state index in [0.29, 0.717) is 18.0 Å². The van der Waals surface area contributed by atoms with Gasteiger partial charge in [-0.1, -0.05) is 0 Å². The zero-order chi connectivity index (χ0) is 14.9. The van der Waals surface area contributed by atoms with Gasteiger partial charge in [-0.2, -0.15) is 0 Å². The highest BCUT2D eigenvalue weighted by Gasteiger charge is 2.43. The Morgan fingerprint density at radius 1 is 1.29 bits per heavy atom. The van der Waals surface area contributed by atoms with Crippen LogP contribution in [0.4, 0.5) is 4.79 Å². The molecule has 2 fully saturated rings. The Labute approximate surface area is 128 Å². The molecule has 0 aromatic heterocycles. The van der Waals surface area contributed by atoms with E-state index in [1.165, 1.54) is 7.05 Å². The number of hydrogen-bond donors (Lipinski definition) is 1. The number of rotatable bonds is 3. The van der Waals surface area contributed by atoms with Crippen LogP contribution in [-0.2, 0) is 14.4 Å². The van der Waals surface area contributed by atoms with Crippen molar-refractivity contribution in [2.24, 2.45) is 0 Å². The predicted molar refractivity (Wildman–Crippen MR) is 75.8 cm³/mol. The van der Waals surface area contributed by atoms with E-state index in [1.807, 2.05) is 7.05 Å². The van der Waals surface area contributed by atoms with Gasteiger partial charge in [-0.25, -0.2) is 9.69 Å². The standard InChI is InChI=1S/C12H18N4O4.ClH/c1-13-8-4-3-5-15(6-8)9(17)7-16-11(19)10(18)14(2)12(16)20;/h8,13H,3-7H2,1-2H3;1H. The number of imide groups is 2. The lowest BCUT2D eigenvalue weighted by Crippen LogP contribution is -2.50. The molecule has 118 valence electrons. The molecule has 2 saturated heterocycles. The van der Waals surface area contributed by atoms with Crippen LogP contribution in [0.2, 0.25) is 0 Å². The number of likely N-dealkylation sites (tertiary alicyclic amines) is 1. The lowest BCUT2D eigenvalue weighted by Gasteiger charge is -2.33. The summed E-state index contributed by atoms with van der Waals surface area (Å²) in [7, 11) is 3.06. The highest BCUT2D eigenvalue weighted by Crippen LogP contribution is 2.13. The first-order valence-corrected chi connectivity index (χ1v) is 6.54.